The molecule has 2 fully saturated rings. The Labute approximate surface area is 136 Å². The van der Waals surface area contributed by atoms with Crippen molar-refractivity contribution >= 4 is 29.7 Å². The zero-order valence-corrected chi connectivity index (χ0v) is 14.0. The number of nitrogens with one attached hydrogen (secondary N) is 1. The van der Waals surface area contributed by atoms with E-state index in [0.29, 0.717) is 5.41 Å². The SMILES string of the molecule is Cl.O=C(c1cc2c(s1)CCCC2)N1CCC2(CCNC2)C1. The highest BCUT2D eigenvalue weighted by atomic mass is 35.5. The minimum atomic E-state index is 0. The summed E-state index contributed by atoms with van der Waals surface area (Å²) in [4.78, 5) is 17.3. The van der Waals surface area contributed by atoms with Gasteiger partial charge in [-0.1, -0.05) is 0 Å². The van der Waals surface area contributed by atoms with Gasteiger partial charge in [0.1, 0.15) is 0 Å². The Morgan fingerprint density at radius 2 is 2.14 bits per heavy atom. The van der Waals surface area contributed by atoms with Crippen LogP contribution in [0, 0.1) is 5.41 Å². The standard InChI is InChI=1S/C16H22N2OS.ClH/c19-15(14-9-12-3-1-2-4-13(12)20-14)18-8-6-16(11-18)5-7-17-10-16;/h9,17H,1-8,10-11H2;1H. The van der Waals surface area contributed by atoms with E-state index >= 15 is 0 Å². The Balaban J connectivity index is 0.00000132. The topological polar surface area (TPSA) is 32.3 Å². The smallest absolute Gasteiger partial charge is 0.263 e. The molecule has 1 N–H and O–H groups in total. The van der Waals surface area contributed by atoms with E-state index in [0.717, 1.165) is 31.1 Å². The lowest BCUT2D eigenvalue weighted by atomic mass is 9.87. The maximum atomic E-state index is 12.7. The van der Waals surface area contributed by atoms with Crippen molar-refractivity contribution in [2.45, 2.75) is 38.5 Å². The molecular weight excluding hydrogens is 304 g/mol. The molecule has 1 amide bonds. The number of nitrogens with zero attached hydrogens (tertiary/aromatic N) is 1. The lowest BCUT2D eigenvalue weighted by molar-refractivity contribution is 0.0780. The van der Waals surface area contributed by atoms with Gasteiger partial charge in [-0.2, -0.15) is 0 Å². The van der Waals surface area contributed by atoms with Crippen LogP contribution in [0.15, 0.2) is 6.07 Å². The molecule has 1 aliphatic carbocycles. The molecule has 3 nitrogen and oxygen atoms in total. The Kier molecular flexibility index (Phi) is 4.30. The van der Waals surface area contributed by atoms with Gasteiger partial charge in [0.2, 0.25) is 0 Å². The lowest BCUT2D eigenvalue weighted by Gasteiger charge is -2.22. The molecular formula is C16H23ClN2OS. The molecule has 3 aliphatic rings. The Bertz CT molecular complexity index is 513. The number of halogens is 1. The van der Waals surface area contributed by atoms with Crippen molar-refractivity contribution in [3.05, 3.63) is 21.4 Å². The summed E-state index contributed by atoms with van der Waals surface area (Å²) in [7, 11) is 0. The van der Waals surface area contributed by atoms with E-state index in [9.17, 15) is 4.79 Å². The number of carbonyl (C=O) groups excluding carboxylic acids is 1. The number of carbonyl (C=O) groups is 1. The quantitative estimate of drug-likeness (QED) is 0.860. The fraction of sp³-hybridized carbons (Fsp3) is 0.688. The van der Waals surface area contributed by atoms with Crippen LogP contribution in [0.5, 0.6) is 0 Å². The number of hydrogen-bond acceptors (Lipinski definition) is 3. The molecule has 1 spiro atoms. The second-order valence-electron chi connectivity index (χ2n) is 6.67. The van der Waals surface area contributed by atoms with Gasteiger partial charge in [-0.25, -0.2) is 0 Å². The zero-order chi connectivity index (χ0) is 13.6. The molecule has 21 heavy (non-hydrogen) atoms. The molecule has 2 aliphatic heterocycles. The Hall–Kier alpha value is -0.580. The largest absolute Gasteiger partial charge is 0.337 e. The van der Waals surface area contributed by atoms with Crippen molar-refractivity contribution in [1.82, 2.24) is 10.2 Å². The summed E-state index contributed by atoms with van der Waals surface area (Å²) in [5, 5.41) is 3.46. The summed E-state index contributed by atoms with van der Waals surface area (Å²) in [6.45, 7) is 4.12. The average Bonchev–Trinajstić information content (AvgIpc) is 3.19. The highest BCUT2D eigenvalue weighted by Crippen LogP contribution is 2.38. The summed E-state index contributed by atoms with van der Waals surface area (Å²) in [5.74, 6) is 0.285. The second-order valence-corrected chi connectivity index (χ2v) is 7.81. The van der Waals surface area contributed by atoms with Gasteiger partial charge in [0.05, 0.1) is 4.88 Å². The van der Waals surface area contributed by atoms with Crippen molar-refractivity contribution in [2.24, 2.45) is 5.41 Å². The number of aryl methyl sites for hydroxylation is 2. The summed E-state index contributed by atoms with van der Waals surface area (Å²) in [6, 6.07) is 2.18. The summed E-state index contributed by atoms with van der Waals surface area (Å²) >= 11 is 1.75. The number of rotatable bonds is 1. The predicted molar refractivity (Wildman–Crippen MR) is 88.6 cm³/mol. The molecule has 1 unspecified atom stereocenters. The van der Waals surface area contributed by atoms with Gasteiger partial charge < -0.3 is 10.2 Å². The van der Waals surface area contributed by atoms with Crippen LogP contribution in [0.4, 0.5) is 0 Å². The number of thiophene rings is 1. The van der Waals surface area contributed by atoms with E-state index in [1.54, 1.807) is 11.3 Å². The maximum Gasteiger partial charge on any atom is 0.263 e. The fourth-order valence-electron chi connectivity index (χ4n) is 4.00. The first-order valence-electron chi connectivity index (χ1n) is 7.87. The minimum Gasteiger partial charge on any atom is -0.337 e. The van der Waals surface area contributed by atoms with Crippen molar-refractivity contribution in [3.63, 3.8) is 0 Å². The molecule has 1 aromatic heterocycles. The van der Waals surface area contributed by atoms with E-state index in [1.807, 2.05) is 0 Å². The summed E-state index contributed by atoms with van der Waals surface area (Å²) in [5.41, 5.74) is 1.83. The minimum absolute atomic E-state index is 0. The van der Waals surface area contributed by atoms with E-state index < -0.39 is 0 Å². The molecule has 4 rings (SSSR count). The normalized spacial score (nSPS) is 27.7. The monoisotopic (exact) mass is 326 g/mol. The fourth-order valence-corrected chi connectivity index (χ4v) is 5.23. The van der Waals surface area contributed by atoms with Crippen LogP contribution in [0.1, 0.15) is 45.8 Å². The molecule has 0 bridgehead atoms. The van der Waals surface area contributed by atoms with Crippen LogP contribution in [-0.4, -0.2) is 37.0 Å². The number of hydrogen-bond donors (Lipinski definition) is 1. The van der Waals surface area contributed by atoms with Crippen LogP contribution in [0.2, 0.25) is 0 Å². The van der Waals surface area contributed by atoms with Gasteiger partial charge in [-0.05, 0) is 56.7 Å². The number of amides is 1. The van der Waals surface area contributed by atoms with Crippen LogP contribution in [-0.2, 0) is 12.8 Å². The summed E-state index contributed by atoms with van der Waals surface area (Å²) < 4.78 is 0. The van der Waals surface area contributed by atoms with Gasteiger partial charge in [0, 0.05) is 29.9 Å². The third-order valence-corrected chi connectivity index (χ3v) is 6.49. The van der Waals surface area contributed by atoms with E-state index in [2.05, 4.69) is 16.3 Å². The van der Waals surface area contributed by atoms with E-state index in [-0.39, 0.29) is 18.3 Å². The van der Waals surface area contributed by atoms with Crippen LogP contribution in [0.25, 0.3) is 0 Å². The van der Waals surface area contributed by atoms with E-state index in [4.69, 9.17) is 0 Å². The van der Waals surface area contributed by atoms with E-state index in [1.165, 1.54) is 49.0 Å². The Morgan fingerprint density at radius 3 is 2.90 bits per heavy atom. The van der Waals surface area contributed by atoms with Crippen molar-refractivity contribution in [1.29, 1.82) is 0 Å². The molecule has 0 radical (unpaired) electrons. The Morgan fingerprint density at radius 1 is 1.29 bits per heavy atom. The van der Waals surface area contributed by atoms with Gasteiger partial charge in [-0.3, -0.25) is 4.79 Å². The van der Waals surface area contributed by atoms with Crippen molar-refractivity contribution < 1.29 is 4.79 Å². The van der Waals surface area contributed by atoms with Gasteiger partial charge in [-0.15, -0.1) is 23.7 Å². The van der Waals surface area contributed by atoms with Gasteiger partial charge >= 0.3 is 0 Å². The first-order valence-corrected chi connectivity index (χ1v) is 8.69. The van der Waals surface area contributed by atoms with Crippen LogP contribution in [0.3, 0.4) is 0 Å². The third kappa shape index (κ3) is 2.73. The zero-order valence-electron chi connectivity index (χ0n) is 12.3. The highest BCUT2D eigenvalue weighted by Gasteiger charge is 2.42. The highest BCUT2D eigenvalue weighted by molar-refractivity contribution is 7.14. The first-order chi connectivity index (χ1) is 9.76. The molecule has 0 saturated carbocycles. The second kappa shape index (κ2) is 5.90. The molecule has 2 saturated heterocycles. The maximum absolute atomic E-state index is 12.7. The molecule has 0 aromatic carbocycles. The molecule has 1 atom stereocenters. The van der Waals surface area contributed by atoms with Crippen molar-refractivity contribution in [3.8, 4) is 0 Å². The molecule has 3 heterocycles. The molecule has 5 heteroatoms. The average molecular weight is 327 g/mol. The van der Waals surface area contributed by atoms with Gasteiger partial charge in [0.15, 0.2) is 0 Å². The third-order valence-electron chi connectivity index (χ3n) is 5.27. The lowest BCUT2D eigenvalue weighted by Crippen LogP contribution is -2.32. The summed E-state index contributed by atoms with van der Waals surface area (Å²) in [6.07, 6.45) is 7.35. The molecule has 1 aromatic rings. The van der Waals surface area contributed by atoms with Crippen LogP contribution >= 0.6 is 23.7 Å². The van der Waals surface area contributed by atoms with Crippen LogP contribution < -0.4 is 5.32 Å². The molecule has 116 valence electrons. The van der Waals surface area contributed by atoms with Gasteiger partial charge in [0.25, 0.3) is 5.91 Å². The number of likely N-dealkylation sites (tertiary alicyclic amines) is 1. The predicted octanol–water partition coefficient (Wildman–Crippen LogP) is 2.87. The first kappa shape index (κ1) is 15.3. The number of fused-ring (bicyclic) bond motifs is 1. The van der Waals surface area contributed by atoms with Crippen molar-refractivity contribution in [2.75, 3.05) is 26.2 Å².